The van der Waals surface area contributed by atoms with Crippen LogP contribution >= 0.6 is 0 Å². The first-order chi connectivity index (χ1) is 30.8. The summed E-state index contributed by atoms with van der Waals surface area (Å²) in [6, 6.07) is 10.4. The van der Waals surface area contributed by atoms with Crippen LogP contribution in [0.4, 0.5) is 0 Å². The number of nitrogens with one attached hydrogen (secondary N) is 3. The molecule has 6 bridgehead atoms. The Hall–Kier alpha value is -5.84. The monoisotopic (exact) mass is 892 g/mol. The topological polar surface area (TPSA) is 198 Å². The summed E-state index contributed by atoms with van der Waals surface area (Å²) in [4.78, 5) is 76.8. The molecular formula is C49H64N8O8. The second-order valence-electron chi connectivity index (χ2n) is 19.2. The van der Waals surface area contributed by atoms with Gasteiger partial charge in [-0.2, -0.15) is 0 Å². The van der Waals surface area contributed by atoms with Crippen molar-refractivity contribution in [2.24, 2.45) is 11.3 Å². The van der Waals surface area contributed by atoms with E-state index in [1.54, 1.807) is 39.4 Å². The van der Waals surface area contributed by atoms with Crippen LogP contribution in [0.2, 0.25) is 0 Å². The Bertz CT molecular complexity index is 2480. The SMILES string of the molecule is CCn1c(-c2cnccc2COC)c2c3cc(ccc31)-c1cc(O)cc(c1)C[C@H](NC(=O)C(C(C)C)N(C)C(=O)CN(C)C(=O)[C@]1(C)CN1)C(=O)N1CCC[C@H](N1)C(=O)OCC(C)(C)C2. The summed E-state index contributed by atoms with van der Waals surface area (Å²) in [7, 11) is 4.75. The molecule has 5 heterocycles. The van der Waals surface area contributed by atoms with Crippen molar-refractivity contribution in [2.45, 2.75) is 104 Å². The van der Waals surface area contributed by atoms with Gasteiger partial charge >= 0.3 is 5.97 Å². The molecule has 3 aliphatic rings. The lowest BCUT2D eigenvalue weighted by atomic mass is 9.84. The lowest BCUT2D eigenvalue weighted by molar-refractivity contribution is -0.155. The molecule has 0 radical (unpaired) electrons. The summed E-state index contributed by atoms with van der Waals surface area (Å²) in [6.07, 6.45) is 5.09. The summed E-state index contributed by atoms with van der Waals surface area (Å²) < 4.78 is 14.0. The van der Waals surface area contributed by atoms with Crippen molar-refractivity contribution in [3.8, 4) is 28.1 Å². The zero-order valence-corrected chi connectivity index (χ0v) is 39.1. The number of methoxy groups -OCH3 is 1. The van der Waals surface area contributed by atoms with Gasteiger partial charge in [0, 0.05) is 81.5 Å². The Labute approximate surface area is 381 Å². The molecule has 7 rings (SSSR count). The van der Waals surface area contributed by atoms with E-state index in [4.69, 9.17) is 9.47 Å². The van der Waals surface area contributed by atoms with Gasteiger partial charge in [0.2, 0.25) is 17.7 Å². The number of esters is 1. The third kappa shape index (κ3) is 10.0. The highest BCUT2D eigenvalue weighted by molar-refractivity contribution is 5.97. The number of benzene rings is 2. The van der Waals surface area contributed by atoms with Gasteiger partial charge in [-0.05, 0) is 97.2 Å². The highest BCUT2D eigenvalue weighted by Gasteiger charge is 2.47. The van der Waals surface area contributed by atoms with Crippen molar-refractivity contribution in [3.63, 3.8) is 0 Å². The van der Waals surface area contributed by atoms with E-state index in [0.717, 1.165) is 38.9 Å². The second-order valence-corrected chi connectivity index (χ2v) is 19.2. The number of aromatic nitrogens is 2. The molecule has 0 spiro atoms. The number of pyridine rings is 1. The maximum atomic E-state index is 14.7. The van der Waals surface area contributed by atoms with Crippen LogP contribution in [0.3, 0.4) is 0 Å². The molecule has 2 saturated heterocycles. The molecule has 1 unspecified atom stereocenters. The van der Waals surface area contributed by atoms with Gasteiger partial charge in [-0.15, -0.1) is 0 Å². The molecule has 0 saturated carbocycles. The van der Waals surface area contributed by atoms with E-state index in [0.29, 0.717) is 50.1 Å². The number of likely N-dealkylation sites (N-methyl/N-ethyl adjacent to an activating group) is 2. The number of hydrazine groups is 1. The number of phenolic OH excluding ortho intramolecular Hbond substituents is 1. The second kappa shape index (κ2) is 18.9. The Morgan fingerprint density at radius 1 is 1.08 bits per heavy atom. The molecule has 4 aromatic rings. The molecule has 2 aromatic heterocycles. The van der Waals surface area contributed by atoms with Crippen molar-refractivity contribution in [2.75, 3.05) is 47.4 Å². The van der Waals surface area contributed by atoms with Crippen molar-refractivity contribution >= 4 is 40.5 Å². The van der Waals surface area contributed by atoms with E-state index in [1.165, 1.54) is 21.9 Å². The summed E-state index contributed by atoms with van der Waals surface area (Å²) in [5.74, 6) is -2.59. The van der Waals surface area contributed by atoms with Crippen LogP contribution in [0.25, 0.3) is 33.3 Å². The van der Waals surface area contributed by atoms with Gasteiger partial charge in [-0.1, -0.05) is 39.8 Å². The quantitative estimate of drug-likeness (QED) is 0.125. The van der Waals surface area contributed by atoms with Crippen LogP contribution in [0, 0.1) is 11.3 Å². The molecule has 4 atom stereocenters. The molecule has 3 aliphatic heterocycles. The van der Waals surface area contributed by atoms with Crippen LogP contribution in [0.15, 0.2) is 54.9 Å². The molecule has 16 heteroatoms. The molecule has 2 aromatic carbocycles. The maximum Gasteiger partial charge on any atom is 0.324 e. The summed E-state index contributed by atoms with van der Waals surface area (Å²) in [6.45, 7) is 13.3. The van der Waals surface area contributed by atoms with E-state index in [-0.39, 0.29) is 43.7 Å². The number of phenols is 1. The summed E-state index contributed by atoms with van der Waals surface area (Å²) in [5, 5.41) is 19.6. The van der Waals surface area contributed by atoms with Crippen LogP contribution in [0.5, 0.6) is 5.75 Å². The van der Waals surface area contributed by atoms with Gasteiger partial charge in [0.1, 0.15) is 29.4 Å². The fourth-order valence-electron chi connectivity index (χ4n) is 9.36. The number of rotatable bonds is 11. The van der Waals surface area contributed by atoms with Gasteiger partial charge in [-0.3, -0.25) is 34.0 Å². The fraction of sp³-hybridized carbons (Fsp3) is 0.510. The van der Waals surface area contributed by atoms with Gasteiger partial charge < -0.3 is 39.6 Å². The highest BCUT2D eigenvalue weighted by Crippen LogP contribution is 2.41. The smallest absolute Gasteiger partial charge is 0.324 e. The predicted octanol–water partition coefficient (Wildman–Crippen LogP) is 4.19. The molecule has 4 N–H and O–H groups in total. The average molecular weight is 893 g/mol. The number of carbonyl (C=O) groups is 5. The van der Waals surface area contributed by atoms with Crippen molar-refractivity contribution in [3.05, 3.63) is 71.5 Å². The summed E-state index contributed by atoms with van der Waals surface area (Å²) >= 11 is 0. The number of fused-ring (bicyclic) bond motifs is 6. The predicted molar refractivity (Wildman–Crippen MR) is 246 cm³/mol. The molecule has 0 aliphatic carbocycles. The minimum absolute atomic E-state index is 0.0181. The number of aryl methyl sites for hydroxylation is 1. The molecule has 65 heavy (non-hydrogen) atoms. The number of nitrogens with zero attached hydrogens (tertiary/aromatic N) is 5. The standard InChI is InChI=1S/C49H64N8O8/c1-10-56-40-14-13-31-22-35(40)36(43(56)37-24-50-16-15-32(37)26-64-9)23-48(4,5)28-65-46(62)38-12-11-17-57(53-38)45(61)39(20-30-18-33(31)21-34(58)19-30)52-44(60)42(29(2)3)55(8)41(59)25-54(7)47(63)49(6)27-51-49/h13-16,18-19,21-22,24,29,38-39,42,51,53,58H,10-12,17,20,23,25-28H2,1-9H3,(H,52,60)/t38-,39-,42?,49-/m0/s1. The summed E-state index contributed by atoms with van der Waals surface area (Å²) in [5.41, 5.74) is 8.97. The zero-order valence-electron chi connectivity index (χ0n) is 39.1. The van der Waals surface area contributed by atoms with Crippen molar-refractivity contribution in [1.29, 1.82) is 0 Å². The third-order valence-corrected chi connectivity index (χ3v) is 12.9. The fourth-order valence-corrected chi connectivity index (χ4v) is 9.36. The third-order valence-electron chi connectivity index (χ3n) is 12.9. The van der Waals surface area contributed by atoms with Gasteiger partial charge in [0.25, 0.3) is 5.91 Å². The Morgan fingerprint density at radius 2 is 1.83 bits per heavy atom. The largest absolute Gasteiger partial charge is 0.508 e. The van der Waals surface area contributed by atoms with Crippen LogP contribution in [0.1, 0.15) is 71.1 Å². The zero-order chi connectivity index (χ0) is 47.0. The average Bonchev–Trinajstić information content (AvgIpc) is 3.96. The van der Waals surface area contributed by atoms with Crippen LogP contribution in [-0.2, 0) is 59.4 Å². The van der Waals surface area contributed by atoms with E-state index in [1.807, 2.05) is 38.2 Å². The van der Waals surface area contributed by atoms with Crippen molar-refractivity contribution < 1.29 is 38.6 Å². The molecular weight excluding hydrogens is 829 g/mol. The number of hydrogen-bond donors (Lipinski definition) is 4. The molecule has 4 amide bonds. The van der Waals surface area contributed by atoms with E-state index in [2.05, 4.69) is 58.5 Å². The number of carbonyl (C=O) groups excluding carboxylic acids is 5. The van der Waals surface area contributed by atoms with Gasteiger partial charge in [0.05, 0.1) is 25.5 Å². The normalized spacial score (nSPS) is 21.4. The lowest BCUT2D eigenvalue weighted by Gasteiger charge is -2.37. The Kier molecular flexibility index (Phi) is 13.7. The van der Waals surface area contributed by atoms with E-state index >= 15 is 0 Å². The Balaban J connectivity index is 1.29. The first-order valence-electron chi connectivity index (χ1n) is 22.6. The lowest BCUT2D eigenvalue weighted by Crippen LogP contribution is -2.62. The van der Waals surface area contributed by atoms with E-state index in [9.17, 15) is 29.1 Å². The Morgan fingerprint density at radius 3 is 2.52 bits per heavy atom. The highest BCUT2D eigenvalue weighted by atomic mass is 16.5. The molecule has 2 fully saturated rings. The number of ether oxygens (including phenoxy) is 2. The number of aromatic hydroxyl groups is 1. The van der Waals surface area contributed by atoms with Crippen molar-refractivity contribution in [1.82, 2.24) is 40.4 Å². The van der Waals surface area contributed by atoms with E-state index < -0.39 is 52.8 Å². The minimum atomic E-state index is -1.18. The number of hydrogen-bond acceptors (Lipinski definition) is 11. The van der Waals surface area contributed by atoms with Gasteiger partial charge in [-0.25, -0.2) is 5.43 Å². The van der Waals surface area contributed by atoms with Crippen LogP contribution < -0.4 is 16.1 Å². The molecule has 348 valence electrons. The first-order valence-corrected chi connectivity index (χ1v) is 22.6. The van der Waals surface area contributed by atoms with Crippen LogP contribution in [-0.4, -0.2) is 130 Å². The minimum Gasteiger partial charge on any atom is -0.508 e. The maximum absolute atomic E-state index is 14.7. The number of amides is 4. The van der Waals surface area contributed by atoms with Gasteiger partial charge in [0.15, 0.2) is 0 Å². The molecule has 16 nitrogen and oxygen atoms in total. The number of cyclic esters (lactones) is 1. The first kappa shape index (κ1) is 47.1.